The Labute approximate surface area is 63.6 Å². The Hall–Kier alpha value is 1.83. The van der Waals surface area contributed by atoms with Crippen LogP contribution in [0.25, 0.3) is 0 Å². The van der Waals surface area contributed by atoms with Crippen LogP contribution in [0.4, 0.5) is 0 Å². The van der Waals surface area contributed by atoms with Gasteiger partial charge in [-0.25, -0.2) is 0 Å². The Morgan fingerprint density at radius 2 is 0.750 bits per heavy atom. The van der Waals surface area contributed by atoms with Gasteiger partial charge in [-0.3, -0.25) is 0 Å². The average Bonchev–Trinajstić information content (AvgIpc) is 0. The molecule has 0 saturated heterocycles. The molecule has 0 radical (unpaired) electrons. The van der Waals surface area contributed by atoms with E-state index in [0.717, 1.165) is 0 Å². The van der Waals surface area contributed by atoms with Crippen molar-refractivity contribution >= 4 is 42.2 Å². The number of rotatable bonds is 0. The van der Waals surface area contributed by atoms with Crippen LogP contribution in [0.1, 0.15) is 0 Å². The maximum atomic E-state index is 0. The van der Waals surface area contributed by atoms with Gasteiger partial charge in [-0.15, -0.1) is 24.8 Å². The quantitative estimate of drug-likeness (QED) is 0.415. The van der Waals surface area contributed by atoms with Crippen LogP contribution in [0.2, 0.25) is 0 Å². The van der Waals surface area contributed by atoms with E-state index in [4.69, 9.17) is 0 Å². The molecule has 4 heavy (non-hydrogen) atoms. The molecule has 0 aromatic carbocycles. The molecule has 0 heterocycles. The third-order valence-electron chi connectivity index (χ3n) is 0. The molecule has 0 N–H and O–H groups in total. The van der Waals surface area contributed by atoms with E-state index in [1.807, 2.05) is 0 Å². The number of hydrogen-bond acceptors (Lipinski definition) is 0. The van der Waals surface area contributed by atoms with Crippen LogP contribution in [-0.4, -0.2) is 17.4 Å². The summed E-state index contributed by atoms with van der Waals surface area (Å²) in [6.45, 7) is 0. The fraction of sp³-hybridized carbons (Fsp3) is 0. The summed E-state index contributed by atoms with van der Waals surface area (Å²) in [6.07, 6.45) is 0. The van der Waals surface area contributed by atoms with Gasteiger partial charge in [0.1, 0.15) is 0 Å². The standard InChI is InChI=1S/Al.2ClH.Ti.3H/h;2*1H;;;;. The molecule has 0 rings (SSSR count). The predicted molar refractivity (Wildman–Crippen MR) is 24.4 cm³/mol. The van der Waals surface area contributed by atoms with Crippen molar-refractivity contribution in [1.82, 2.24) is 0 Å². The van der Waals surface area contributed by atoms with Crippen LogP contribution in [0.5, 0.6) is 0 Å². The van der Waals surface area contributed by atoms with Gasteiger partial charge in [0.15, 0.2) is 17.4 Å². The summed E-state index contributed by atoms with van der Waals surface area (Å²) < 4.78 is 0. The summed E-state index contributed by atoms with van der Waals surface area (Å²) in [4.78, 5) is 0. The normalized spacial score (nSPS) is 0. The van der Waals surface area contributed by atoms with Crippen LogP contribution in [0, 0.1) is 0 Å². The van der Waals surface area contributed by atoms with E-state index in [1.54, 1.807) is 0 Å². The summed E-state index contributed by atoms with van der Waals surface area (Å²) in [6, 6.07) is 0. The molecule has 0 saturated carbocycles. The third kappa shape index (κ3) is 9.16. The van der Waals surface area contributed by atoms with Crippen molar-refractivity contribution in [3.05, 3.63) is 0 Å². The molecule has 4 heteroatoms. The molecule has 0 spiro atoms. The van der Waals surface area contributed by atoms with Gasteiger partial charge in [0.25, 0.3) is 0 Å². The summed E-state index contributed by atoms with van der Waals surface area (Å²) in [5, 5.41) is 0. The molecular weight excluding hydrogens is 146 g/mol. The van der Waals surface area contributed by atoms with Crippen LogP contribution in [0.15, 0.2) is 0 Å². The summed E-state index contributed by atoms with van der Waals surface area (Å²) in [5.41, 5.74) is 0. The van der Waals surface area contributed by atoms with Crippen LogP contribution in [0.3, 0.4) is 0 Å². The van der Waals surface area contributed by atoms with Gasteiger partial charge in [-0.05, 0) is 0 Å². The number of halogens is 2. The van der Waals surface area contributed by atoms with E-state index in [1.165, 1.54) is 0 Å². The van der Waals surface area contributed by atoms with Crippen LogP contribution in [-0.2, 0) is 21.7 Å². The van der Waals surface area contributed by atoms with Gasteiger partial charge in [-0.1, -0.05) is 0 Å². The van der Waals surface area contributed by atoms with E-state index in [9.17, 15) is 0 Å². The molecule has 0 aliphatic heterocycles. The Kier molecular flexibility index (Phi) is 215. The predicted octanol–water partition coefficient (Wildman–Crippen LogP) is -0.343. The molecule has 26 valence electrons. The molecule has 0 unspecified atom stereocenters. The van der Waals surface area contributed by atoms with Crippen molar-refractivity contribution in [2.75, 3.05) is 0 Å². The van der Waals surface area contributed by atoms with Gasteiger partial charge in [0, 0.05) is 21.7 Å². The van der Waals surface area contributed by atoms with Gasteiger partial charge >= 0.3 is 0 Å². The van der Waals surface area contributed by atoms with Crippen molar-refractivity contribution in [3.8, 4) is 0 Å². The van der Waals surface area contributed by atoms with Gasteiger partial charge in [0.05, 0.1) is 0 Å². The van der Waals surface area contributed by atoms with E-state index in [2.05, 4.69) is 0 Å². The van der Waals surface area contributed by atoms with Crippen molar-refractivity contribution in [3.63, 3.8) is 0 Å². The molecule has 0 aliphatic carbocycles. The fourth-order valence-corrected chi connectivity index (χ4v) is 0. The van der Waals surface area contributed by atoms with Gasteiger partial charge in [-0.2, -0.15) is 0 Å². The Balaban J connectivity index is 0. The van der Waals surface area contributed by atoms with Crippen molar-refractivity contribution in [1.29, 1.82) is 0 Å². The number of hydrogen-bond donors (Lipinski definition) is 0. The second-order valence-corrected chi connectivity index (χ2v) is 0. The molecule has 0 aromatic rings. The molecule has 0 bridgehead atoms. The zero-order valence-corrected chi connectivity index (χ0v) is 4.51. The minimum atomic E-state index is 0. The van der Waals surface area contributed by atoms with Crippen molar-refractivity contribution < 1.29 is 21.7 Å². The van der Waals surface area contributed by atoms with E-state index < -0.39 is 0 Å². The van der Waals surface area contributed by atoms with Gasteiger partial charge in [0.2, 0.25) is 0 Å². The van der Waals surface area contributed by atoms with Gasteiger partial charge < -0.3 is 0 Å². The molecule has 0 aromatic heterocycles. The third-order valence-corrected chi connectivity index (χ3v) is 0. The minimum absolute atomic E-state index is 0. The maximum Gasteiger partial charge on any atom is 0.187 e. The molecule has 0 aliphatic rings. The molecule has 0 atom stereocenters. The Morgan fingerprint density at radius 3 is 0.750 bits per heavy atom. The molecule has 0 fully saturated rings. The fourth-order valence-electron chi connectivity index (χ4n) is 0. The first-order valence-corrected chi connectivity index (χ1v) is 0. The second-order valence-electron chi connectivity index (χ2n) is 0. The molecular formula is H5AlCl2Ti. The minimum Gasteiger partial charge on any atom is -0.147 e. The van der Waals surface area contributed by atoms with Crippen molar-refractivity contribution in [2.45, 2.75) is 0 Å². The smallest absolute Gasteiger partial charge is 0.147 e. The van der Waals surface area contributed by atoms with E-state index in [0.29, 0.717) is 0 Å². The summed E-state index contributed by atoms with van der Waals surface area (Å²) in [7, 11) is 0. The van der Waals surface area contributed by atoms with Crippen molar-refractivity contribution in [2.24, 2.45) is 0 Å². The average molecular weight is 151 g/mol. The first-order valence-electron chi connectivity index (χ1n) is 0. The van der Waals surface area contributed by atoms with Crippen LogP contribution >= 0.6 is 24.8 Å². The zero-order chi connectivity index (χ0) is 0. The van der Waals surface area contributed by atoms with E-state index in [-0.39, 0.29) is 63.9 Å². The largest absolute Gasteiger partial charge is 0.187 e. The monoisotopic (exact) mass is 150 g/mol. The zero-order valence-electron chi connectivity index (χ0n) is 1.32. The SMILES string of the molecule is Cl.Cl.[AlH3].[Ti]. The second kappa shape index (κ2) is 21.2. The first kappa shape index (κ1) is 40.7. The molecule has 0 amide bonds. The topological polar surface area (TPSA) is 0 Å². The molecule has 0 nitrogen and oxygen atoms in total. The first-order chi connectivity index (χ1) is 0. The Bertz CT molecular complexity index is 6.00. The Morgan fingerprint density at radius 1 is 0.750 bits per heavy atom. The summed E-state index contributed by atoms with van der Waals surface area (Å²) in [5.74, 6) is 0. The van der Waals surface area contributed by atoms with Crippen LogP contribution < -0.4 is 0 Å². The maximum absolute atomic E-state index is 0. The van der Waals surface area contributed by atoms with E-state index >= 15 is 0 Å². The summed E-state index contributed by atoms with van der Waals surface area (Å²) >= 11 is 0.